The van der Waals surface area contributed by atoms with Crippen LogP contribution in [0.15, 0.2) is 78.9 Å². The Hall–Kier alpha value is -4.04. The summed E-state index contributed by atoms with van der Waals surface area (Å²) in [6.45, 7) is 41.0. The highest BCUT2D eigenvalue weighted by Crippen LogP contribution is 2.17. The van der Waals surface area contributed by atoms with Crippen LogP contribution in [0.25, 0.3) is 0 Å². The number of hydrogen-bond donors (Lipinski definition) is 3. The van der Waals surface area contributed by atoms with Gasteiger partial charge in [0.1, 0.15) is 6.61 Å². The Morgan fingerprint density at radius 1 is 0.515 bits per heavy atom. The molecule has 0 radical (unpaired) electrons. The van der Waals surface area contributed by atoms with Gasteiger partial charge in [-0.25, -0.2) is 4.79 Å². The van der Waals surface area contributed by atoms with E-state index < -0.39 is 6.09 Å². The maximum absolute atomic E-state index is 12.5. The maximum Gasteiger partial charge on any atom is 0.407 e. The number of alkyl carbamates (subject to hydrolysis) is 1. The van der Waals surface area contributed by atoms with E-state index in [0.717, 1.165) is 154 Å². The maximum atomic E-state index is 12.5. The minimum Gasteiger partial charge on any atom is -0.445 e. The Morgan fingerprint density at radius 3 is 1.40 bits per heavy atom. The van der Waals surface area contributed by atoms with Gasteiger partial charge < -0.3 is 40.7 Å². The van der Waals surface area contributed by atoms with Gasteiger partial charge in [-0.3, -0.25) is 14.6 Å². The van der Waals surface area contributed by atoms with Gasteiger partial charge in [-0.05, 0) is 132 Å². The average Bonchev–Trinajstić information content (AvgIpc) is 3.36. The molecular weight excluding hydrogens is 847 g/mol. The molecule has 0 aliphatic heterocycles. The molecule has 0 aliphatic rings. The lowest BCUT2D eigenvalue weighted by Crippen LogP contribution is -2.47. The van der Waals surface area contributed by atoms with Crippen LogP contribution in [0.3, 0.4) is 0 Å². The summed E-state index contributed by atoms with van der Waals surface area (Å²) in [5, 5.41) is 5.81. The second-order valence-electron chi connectivity index (χ2n) is 17.8. The zero-order chi connectivity index (χ0) is 49.9. The molecule has 384 valence electrons. The number of amides is 2. The van der Waals surface area contributed by atoms with Crippen molar-refractivity contribution in [2.45, 2.75) is 126 Å². The number of anilines is 2. The third-order valence-corrected chi connectivity index (χ3v) is 13.5. The largest absolute Gasteiger partial charge is 0.445 e. The molecule has 12 heteroatoms. The summed E-state index contributed by atoms with van der Waals surface area (Å²) in [5.74, 6) is 0.0239. The Bertz CT molecular complexity index is 1680. The lowest BCUT2D eigenvalue weighted by atomic mass is 10.0. The van der Waals surface area contributed by atoms with E-state index in [1.807, 2.05) is 54.6 Å². The number of rotatable bonds is 35. The SMILES string of the molecule is CCN(CC)CCN(CC)CC(Cc1ccc(N)cc1)N(CC)CC.CCN(CC)CCN(CC)CC(Cc1ccc(NC(=O)CCCCCNC(=O)OCc2ccccc2)cc1)N(CC)CC. The normalized spacial score (nSPS) is 12.5. The number of ether oxygens (including phenoxy) is 1. The highest BCUT2D eigenvalue weighted by atomic mass is 16.5. The third kappa shape index (κ3) is 25.0. The Labute approximate surface area is 415 Å². The molecule has 0 saturated carbocycles. The minimum absolute atomic E-state index is 0.0239. The first-order valence-electron chi connectivity index (χ1n) is 26.5. The van der Waals surface area contributed by atoms with Crippen LogP contribution in [0.1, 0.15) is 112 Å². The fraction of sp³-hybridized carbons (Fsp3) is 0.643. The molecule has 0 aliphatic carbocycles. The van der Waals surface area contributed by atoms with Crippen LogP contribution in [0.2, 0.25) is 0 Å². The van der Waals surface area contributed by atoms with E-state index in [-0.39, 0.29) is 12.5 Å². The lowest BCUT2D eigenvalue weighted by molar-refractivity contribution is -0.116. The van der Waals surface area contributed by atoms with Gasteiger partial charge in [-0.1, -0.05) is 130 Å². The van der Waals surface area contributed by atoms with Crippen molar-refractivity contribution in [1.82, 2.24) is 34.7 Å². The summed E-state index contributed by atoms with van der Waals surface area (Å²) in [4.78, 5) is 39.7. The minimum atomic E-state index is -0.411. The van der Waals surface area contributed by atoms with Crippen molar-refractivity contribution in [3.63, 3.8) is 0 Å². The molecule has 2 unspecified atom stereocenters. The quantitative estimate of drug-likeness (QED) is 0.0390. The molecule has 0 fully saturated rings. The van der Waals surface area contributed by atoms with Gasteiger partial charge in [0.05, 0.1) is 0 Å². The van der Waals surface area contributed by atoms with Crippen molar-refractivity contribution in [3.8, 4) is 0 Å². The molecule has 0 saturated heterocycles. The predicted molar refractivity (Wildman–Crippen MR) is 290 cm³/mol. The van der Waals surface area contributed by atoms with Gasteiger partial charge in [0.25, 0.3) is 0 Å². The molecule has 0 bridgehead atoms. The first kappa shape index (κ1) is 60.1. The number of carbonyl (C=O) groups is 2. The molecule has 0 aromatic heterocycles. The van der Waals surface area contributed by atoms with E-state index in [0.29, 0.717) is 25.0 Å². The molecule has 2 amide bonds. The first-order chi connectivity index (χ1) is 33.0. The number of nitrogen functional groups attached to an aromatic ring is 1. The number of nitrogens with two attached hydrogens (primary N) is 1. The zero-order valence-electron chi connectivity index (χ0n) is 44.6. The Kier molecular flexibility index (Phi) is 32.6. The van der Waals surface area contributed by atoms with E-state index in [1.54, 1.807) is 0 Å². The summed E-state index contributed by atoms with van der Waals surface area (Å²) in [5.41, 5.74) is 11.2. The topological polar surface area (TPSA) is 113 Å². The van der Waals surface area contributed by atoms with E-state index in [2.05, 4.69) is 134 Å². The van der Waals surface area contributed by atoms with Gasteiger partial charge >= 0.3 is 6.09 Å². The third-order valence-electron chi connectivity index (χ3n) is 13.5. The number of benzene rings is 3. The van der Waals surface area contributed by atoms with Gasteiger partial charge in [0, 0.05) is 75.7 Å². The molecule has 2 atom stereocenters. The van der Waals surface area contributed by atoms with Crippen LogP contribution >= 0.6 is 0 Å². The van der Waals surface area contributed by atoms with Gasteiger partial charge in [-0.15, -0.1) is 0 Å². The Balaban J connectivity index is 0.000000539. The van der Waals surface area contributed by atoms with Crippen LogP contribution in [0, 0.1) is 0 Å². The lowest BCUT2D eigenvalue weighted by Gasteiger charge is -2.35. The highest BCUT2D eigenvalue weighted by Gasteiger charge is 2.21. The second kappa shape index (κ2) is 36.9. The monoisotopic (exact) mass is 944 g/mol. The van der Waals surface area contributed by atoms with Crippen molar-refractivity contribution in [3.05, 3.63) is 95.6 Å². The molecule has 3 aromatic carbocycles. The Morgan fingerprint density at radius 2 is 0.956 bits per heavy atom. The van der Waals surface area contributed by atoms with Crippen molar-refractivity contribution < 1.29 is 14.3 Å². The molecule has 4 N–H and O–H groups in total. The van der Waals surface area contributed by atoms with Crippen LogP contribution in [0.4, 0.5) is 16.2 Å². The van der Waals surface area contributed by atoms with Gasteiger partial charge in [-0.2, -0.15) is 0 Å². The van der Waals surface area contributed by atoms with Crippen LogP contribution < -0.4 is 16.4 Å². The molecule has 12 nitrogen and oxygen atoms in total. The predicted octanol–water partition coefficient (Wildman–Crippen LogP) is 9.21. The fourth-order valence-corrected chi connectivity index (χ4v) is 8.79. The van der Waals surface area contributed by atoms with Crippen molar-refractivity contribution in [2.24, 2.45) is 0 Å². The van der Waals surface area contributed by atoms with Gasteiger partial charge in [0.15, 0.2) is 0 Å². The molecular formula is C56H97N9O3. The number of nitrogens with zero attached hydrogens (tertiary/aromatic N) is 6. The molecule has 0 heterocycles. The van der Waals surface area contributed by atoms with Gasteiger partial charge in [0.2, 0.25) is 5.91 Å². The van der Waals surface area contributed by atoms with Crippen LogP contribution in [-0.2, 0) is 29.0 Å². The summed E-state index contributed by atoms with van der Waals surface area (Å²) in [7, 11) is 0. The summed E-state index contributed by atoms with van der Waals surface area (Å²) in [6, 6.07) is 27.4. The number of hydrogen-bond acceptors (Lipinski definition) is 10. The molecule has 3 rings (SSSR count). The number of nitrogens with one attached hydrogen (secondary N) is 2. The summed E-state index contributed by atoms with van der Waals surface area (Å²) in [6.07, 6.45) is 4.58. The smallest absolute Gasteiger partial charge is 0.407 e. The zero-order valence-corrected chi connectivity index (χ0v) is 44.6. The fourth-order valence-electron chi connectivity index (χ4n) is 8.79. The standard InChI is InChI=1S/C35H57N5O3.C21H40N4/c1-6-38(7-2)25-26-39(8-3)28-33(40(9-4)10-5)27-30-20-22-32(23-21-30)37-34(41)19-15-12-16-24-36-35(42)43-29-31-17-13-11-14-18-31;1-6-23(7-2)15-16-24(8-3)18-21(25(9-4)10-5)17-19-11-13-20(22)14-12-19/h11,13-14,17-18,20-23,33H,6-10,12,15-16,19,24-29H2,1-5H3,(H,36,42)(H,37,41);11-14,21H,6-10,15-18,22H2,1-5H3. The number of unbranched alkanes of at least 4 members (excludes halogenated alkanes) is 2. The summed E-state index contributed by atoms with van der Waals surface area (Å²) < 4.78 is 5.22. The first-order valence-corrected chi connectivity index (χ1v) is 26.5. The average molecular weight is 944 g/mol. The number of carbonyl (C=O) groups excluding carboxylic acids is 2. The van der Waals surface area contributed by atoms with Crippen molar-refractivity contribution in [1.29, 1.82) is 0 Å². The van der Waals surface area contributed by atoms with Crippen molar-refractivity contribution >= 4 is 23.4 Å². The number of likely N-dealkylation sites (N-methyl/N-ethyl adjacent to an activating group) is 6. The molecule has 3 aromatic rings. The van der Waals surface area contributed by atoms with Crippen LogP contribution in [0.5, 0.6) is 0 Å². The van der Waals surface area contributed by atoms with E-state index in [9.17, 15) is 9.59 Å². The molecule has 0 spiro atoms. The van der Waals surface area contributed by atoms with Crippen molar-refractivity contribution in [2.75, 3.05) is 122 Å². The van der Waals surface area contributed by atoms with E-state index in [4.69, 9.17) is 10.5 Å². The highest BCUT2D eigenvalue weighted by molar-refractivity contribution is 5.90. The van der Waals surface area contributed by atoms with E-state index in [1.165, 1.54) is 11.1 Å². The molecule has 68 heavy (non-hydrogen) atoms. The van der Waals surface area contributed by atoms with Crippen LogP contribution in [-0.4, -0.2) is 165 Å². The second-order valence-corrected chi connectivity index (χ2v) is 17.8. The van der Waals surface area contributed by atoms with E-state index >= 15 is 0 Å². The summed E-state index contributed by atoms with van der Waals surface area (Å²) >= 11 is 0.